The maximum atomic E-state index is 12.6. The van der Waals surface area contributed by atoms with E-state index in [1.54, 1.807) is 22.3 Å². The Morgan fingerprint density at radius 2 is 1.92 bits per heavy atom. The van der Waals surface area contributed by atoms with Crippen molar-refractivity contribution in [1.29, 1.82) is 5.26 Å². The fourth-order valence-electron chi connectivity index (χ4n) is 2.54. The number of rotatable bonds is 3. The monoisotopic (exact) mass is 339 g/mol. The van der Waals surface area contributed by atoms with E-state index in [1.807, 2.05) is 43.3 Å². The van der Waals surface area contributed by atoms with Gasteiger partial charge in [0.2, 0.25) is 5.13 Å². The highest BCUT2D eigenvalue weighted by Crippen LogP contribution is 2.21. The molecule has 1 fully saturated rings. The molecule has 6 nitrogen and oxygen atoms in total. The molecule has 1 saturated heterocycles. The third-order valence-electron chi connectivity index (χ3n) is 3.81. The Morgan fingerprint density at radius 1 is 1.21 bits per heavy atom. The number of aryl methyl sites for hydroxylation is 1. The quantitative estimate of drug-likeness (QED) is 0.632. The Labute approximate surface area is 144 Å². The molecule has 0 spiro atoms. The molecule has 1 aromatic heterocycles. The average Bonchev–Trinajstić information content (AvgIpc) is 3.06. The third kappa shape index (κ3) is 3.60. The molecule has 1 aliphatic rings. The zero-order chi connectivity index (χ0) is 16.9. The summed E-state index contributed by atoms with van der Waals surface area (Å²) < 4.78 is 0. The number of nitriles is 1. The van der Waals surface area contributed by atoms with Crippen LogP contribution in [-0.2, 0) is 4.79 Å². The summed E-state index contributed by atoms with van der Waals surface area (Å²) in [6.07, 6.45) is 1.64. The van der Waals surface area contributed by atoms with Gasteiger partial charge < -0.3 is 9.80 Å². The highest BCUT2D eigenvalue weighted by atomic mass is 32.1. The van der Waals surface area contributed by atoms with Crippen molar-refractivity contribution in [3.8, 4) is 6.07 Å². The molecule has 0 aliphatic carbocycles. The minimum Gasteiger partial charge on any atom is -0.343 e. The highest BCUT2D eigenvalue weighted by molar-refractivity contribution is 7.15. The molecule has 0 N–H and O–H groups in total. The molecule has 122 valence electrons. The van der Waals surface area contributed by atoms with Gasteiger partial charge in [-0.3, -0.25) is 4.79 Å². The molecular weight excluding hydrogens is 322 g/mol. The summed E-state index contributed by atoms with van der Waals surface area (Å²) in [6.45, 7) is 4.47. The van der Waals surface area contributed by atoms with Gasteiger partial charge in [0.15, 0.2) is 0 Å². The summed E-state index contributed by atoms with van der Waals surface area (Å²) in [5.41, 5.74) is 1.02. The second-order valence-corrected chi connectivity index (χ2v) is 6.62. The number of nitrogens with zero attached hydrogens (tertiary/aromatic N) is 5. The van der Waals surface area contributed by atoms with E-state index in [2.05, 4.69) is 15.1 Å². The van der Waals surface area contributed by atoms with E-state index in [4.69, 9.17) is 0 Å². The Balaban J connectivity index is 1.66. The second kappa shape index (κ2) is 7.23. The first-order valence-corrected chi connectivity index (χ1v) is 8.50. The van der Waals surface area contributed by atoms with E-state index in [0.717, 1.165) is 15.7 Å². The van der Waals surface area contributed by atoms with E-state index in [1.165, 1.54) is 0 Å². The van der Waals surface area contributed by atoms with Crippen molar-refractivity contribution in [2.45, 2.75) is 6.92 Å². The van der Waals surface area contributed by atoms with Crippen LogP contribution in [-0.4, -0.2) is 47.2 Å². The van der Waals surface area contributed by atoms with E-state index in [-0.39, 0.29) is 11.5 Å². The number of carbonyl (C=O) groups is 1. The third-order valence-corrected chi connectivity index (χ3v) is 4.71. The molecule has 0 radical (unpaired) electrons. The number of benzene rings is 1. The van der Waals surface area contributed by atoms with Gasteiger partial charge in [0.1, 0.15) is 16.6 Å². The predicted molar refractivity (Wildman–Crippen MR) is 93.5 cm³/mol. The van der Waals surface area contributed by atoms with Gasteiger partial charge in [0, 0.05) is 26.2 Å². The van der Waals surface area contributed by atoms with E-state index >= 15 is 0 Å². The lowest BCUT2D eigenvalue weighted by atomic mass is 10.1. The number of hydrogen-bond acceptors (Lipinski definition) is 6. The van der Waals surface area contributed by atoms with Gasteiger partial charge in [-0.05, 0) is 18.6 Å². The Morgan fingerprint density at radius 3 is 2.50 bits per heavy atom. The predicted octanol–water partition coefficient (Wildman–Crippen LogP) is 2.10. The van der Waals surface area contributed by atoms with Gasteiger partial charge in [-0.25, -0.2) is 0 Å². The summed E-state index contributed by atoms with van der Waals surface area (Å²) in [6, 6.07) is 11.4. The van der Waals surface area contributed by atoms with E-state index in [0.29, 0.717) is 26.2 Å². The number of carbonyl (C=O) groups excluding carboxylic acids is 1. The van der Waals surface area contributed by atoms with Crippen molar-refractivity contribution < 1.29 is 4.79 Å². The minimum absolute atomic E-state index is 0.168. The molecule has 3 rings (SSSR count). The van der Waals surface area contributed by atoms with E-state index < -0.39 is 0 Å². The zero-order valence-corrected chi connectivity index (χ0v) is 14.2. The normalized spacial score (nSPS) is 15.2. The maximum absolute atomic E-state index is 12.6. The van der Waals surface area contributed by atoms with Crippen LogP contribution in [0.2, 0.25) is 0 Å². The molecule has 2 heterocycles. The summed E-state index contributed by atoms with van der Waals surface area (Å²) in [4.78, 5) is 16.4. The van der Waals surface area contributed by atoms with Gasteiger partial charge in [0.05, 0.1) is 0 Å². The summed E-state index contributed by atoms with van der Waals surface area (Å²) in [5, 5.41) is 19.3. The highest BCUT2D eigenvalue weighted by Gasteiger charge is 2.25. The van der Waals surface area contributed by atoms with Crippen LogP contribution in [0.4, 0.5) is 5.13 Å². The van der Waals surface area contributed by atoms with Crippen LogP contribution in [0.1, 0.15) is 10.6 Å². The van der Waals surface area contributed by atoms with Crippen LogP contribution in [0, 0.1) is 18.3 Å². The number of piperazine rings is 1. The molecule has 2 aromatic rings. The van der Waals surface area contributed by atoms with Crippen molar-refractivity contribution in [2.24, 2.45) is 0 Å². The van der Waals surface area contributed by atoms with Crippen molar-refractivity contribution >= 4 is 28.5 Å². The summed E-state index contributed by atoms with van der Waals surface area (Å²) in [7, 11) is 0. The molecule has 24 heavy (non-hydrogen) atoms. The molecule has 0 bridgehead atoms. The SMILES string of the molecule is Cc1nnc(N2CCN(C(=O)/C(C#N)=C/c3ccccc3)CC2)s1. The van der Waals surface area contributed by atoms with Crippen molar-refractivity contribution in [3.63, 3.8) is 0 Å². The lowest BCUT2D eigenvalue weighted by Gasteiger charge is -2.34. The molecular formula is C17H17N5OS. The maximum Gasteiger partial charge on any atom is 0.264 e. The van der Waals surface area contributed by atoms with Crippen LogP contribution in [0.5, 0.6) is 0 Å². The minimum atomic E-state index is -0.213. The van der Waals surface area contributed by atoms with Crippen molar-refractivity contribution in [2.75, 3.05) is 31.1 Å². The lowest BCUT2D eigenvalue weighted by Crippen LogP contribution is -2.49. The molecule has 0 atom stereocenters. The second-order valence-electron chi connectivity index (χ2n) is 5.46. The van der Waals surface area contributed by atoms with Gasteiger partial charge in [-0.15, -0.1) is 10.2 Å². The standard InChI is InChI=1S/C17H17N5OS/c1-13-19-20-17(24-13)22-9-7-21(8-10-22)16(23)15(12-18)11-14-5-3-2-4-6-14/h2-6,11H,7-10H2,1H3/b15-11+. The van der Waals surface area contributed by atoms with Gasteiger partial charge >= 0.3 is 0 Å². The van der Waals surface area contributed by atoms with Crippen LogP contribution in [0.15, 0.2) is 35.9 Å². The van der Waals surface area contributed by atoms with Gasteiger partial charge in [-0.2, -0.15) is 5.26 Å². The first kappa shape index (κ1) is 16.1. The molecule has 1 aromatic carbocycles. The number of amides is 1. The lowest BCUT2D eigenvalue weighted by molar-refractivity contribution is -0.126. The molecule has 1 aliphatic heterocycles. The van der Waals surface area contributed by atoms with Crippen LogP contribution < -0.4 is 4.90 Å². The van der Waals surface area contributed by atoms with Crippen molar-refractivity contribution in [1.82, 2.24) is 15.1 Å². The first-order chi connectivity index (χ1) is 11.7. The van der Waals surface area contributed by atoms with E-state index in [9.17, 15) is 10.1 Å². The summed E-state index contributed by atoms with van der Waals surface area (Å²) in [5.74, 6) is -0.213. The molecule has 7 heteroatoms. The zero-order valence-electron chi connectivity index (χ0n) is 13.3. The summed E-state index contributed by atoms with van der Waals surface area (Å²) >= 11 is 1.55. The molecule has 0 saturated carbocycles. The number of anilines is 1. The first-order valence-electron chi connectivity index (χ1n) is 7.68. The Hall–Kier alpha value is -2.72. The van der Waals surface area contributed by atoms with Crippen LogP contribution in [0.25, 0.3) is 6.08 Å². The fourth-order valence-corrected chi connectivity index (χ4v) is 3.28. The number of aromatic nitrogens is 2. The fraction of sp³-hybridized carbons (Fsp3) is 0.294. The number of hydrogen-bond donors (Lipinski definition) is 0. The smallest absolute Gasteiger partial charge is 0.264 e. The Bertz CT molecular complexity index is 785. The van der Waals surface area contributed by atoms with Gasteiger partial charge in [0.25, 0.3) is 5.91 Å². The van der Waals surface area contributed by atoms with Gasteiger partial charge in [-0.1, -0.05) is 41.7 Å². The largest absolute Gasteiger partial charge is 0.343 e. The average molecular weight is 339 g/mol. The molecule has 0 unspecified atom stereocenters. The topological polar surface area (TPSA) is 73.1 Å². The van der Waals surface area contributed by atoms with Crippen molar-refractivity contribution in [3.05, 3.63) is 46.5 Å². The molecule has 1 amide bonds. The van der Waals surface area contributed by atoms with Crippen LogP contribution >= 0.6 is 11.3 Å². The Kier molecular flexibility index (Phi) is 4.87. The van der Waals surface area contributed by atoms with Crippen LogP contribution in [0.3, 0.4) is 0 Å².